The summed E-state index contributed by atoms with van der Waals surface area (Å²) in [5, 5.41) is 17.6. The molecule has 0 fully saturated rings. The molecular weight excluding hydrogens is 428 g/mol. The monoisotopic (exact) mass is 446 g/mol. The van der Waals surface area contributed by atoms with Gasteiger partial charge in [0.1, 0.15) is 11.6 Å². The standard InChI is InChI=1S/C23H19ClN6O2/c1-13(27-22(31)20-18(12-25)29(2)28-21(20)26)17-11-14-7-6-10-16(24)19(14)23(32)30(17)15-8-4-3-5-9-15/h3-11,13H,1-2H3,(H2,26,28)(H,27,31)/t13-/m0/s1. The normalized spacial score (nSPS) is 11.8. The molecule has 0 unspecified atom stereocenters. The first kappa shape index (κ1) is 21.2. The first-order valence-electron chi connectivity index (χ1n) is 9.76. The number of nitriles is 1. The number of carbonyl (C=O) groups excluding carboxylic acids is 1. The van der Waals surface area contributed by atoms with E-state index < -0.39 is 11.9 Å². The lowest BCUT2D eigenvalue weighted by Crippen LogP contribution is -2.32. The predicted octanol–water partition coefficient (Wildman–Crippen LogP) is 3.32. The van der Waals surface area contributed by atoms with Gasteiger partial charge in [0, 0.05) is 18.4 Å². The van der Waals surface area contributed by atoms with Crippen LogP contribution in [0.1, 0.15) is 34.7 Å². The van der Waals surface area contributed by atoms with E-state index >= 15 is 0 Å². The van der Waals surface area contributed by atoms with E-state index in [0.29, 0.717) is 27.2 Å². The van der Waals surface area contributed by atoms with Crippen LogP contribution in [-0.4, -0.2) is 20.3 Å². The number of fused-ring (bicyclic) bond motifs is 1. The molecule has 0 aliphatic carbocycles. The van der Waals surface area contributed by atoms with Crippen molar-refractivity contribution in [1.82, 2.24) is 19.7 Å². The summed E-state index contributed by atoms with van der Waals surface area (Å²) in [7, 11) is 1.54. The maximum absolute atomic E-state index is 13.5. The zero-order valence-corrected chi connectivity index (χ0v) is 18.1. The molecule has 32 heavy (non-hydrogen) atoms. The highest BCUT2D eigenvalue weighted by atomic mass is 35.5. The van der Waals surface area contributed by atoms with E-state index in [1.165, 1.54) is 16.3 Å². The lowest BCUT2D eigenvalue weighted by atomic mass is 10.1. The Bertz CT molecular complexity index is 1450. The number of nitrogens with zero attached hydrogens (tertiary/aromatic N) is 4. The number of pyridine rings is 1. The van der Waals surface area contributed by atoms with Crippen molar-refractivity contribution in [3.8, 4) is 11.8 Å². The number of carbonyl (C=O) groups is 1. The number of hydrogen-bond donors (Lipinski definition) is 2. The van der Waals surface area contributed by atoms with Crippen molar-refractivity contribution in [3.05, 3.63) is 86.9 Å². The third-order valence-electron chi connectivity index (χ3n) is 5.24. The van der Waals surface area contributed by atoms with Crippen LogP contribution >= 0.6 is 11.6 Å². The largest absolute Gasteiger partial charge is 0.382 e. The van der Waals surface area contributed by atoms with Crippen LogP contribution in [0.2, 0.25) is 5.02 Å². The van der Waals surface area contributed by atoms with E-state index in [0.717, 1.165) is 0 Å². The molecule has 9 heteroatoms. The molecule has 0 spiro atoms. The summed E-state index contributed by atoms with van der Waals surface area (Å²) < 4.78 is 2.78. The van der Waals surface area contributed by atoms with E-state index in [-0.39, 0.29) is 22.6 Å². The Hall–Kier alpha value is -4.09. The molecule has 0 aliphatic rings. The molecule has 4 aromatic rings. The molecule has 2 aromatic heterocycles. The average molecular weight is 447 g/mol. The van der Waals surface area contributed by atoms with Crippen LogP contribution in [0.15, 0.2) is 59.4 Å². The maximum Gasteiger partial charge on any atom is 0.264 e. The number of benzene rings is 2. The molecule has 0 saturated carbocycles. The van der Waals surface area contributed by atoms with Crippen molar-refractivity contribution in [2.24, 2.45) is 7.05 Å². The Morgan fingerprint density at radius 1 is 1.22 bits per heavy atom. The molecule has 2 heterocycles. The number of para-hydroxylation sites is 1. The van der Waals surface area contributed by atoms with Crippen molar-refractivity contribution in [2.45, 2.75) is 13.0 Å². The molecule has 0 radical (unpaired) electrons. The smallest absolute Gasteiger partial charge is 0.264 e. The van der Waals surface area contributed by atoms with Gasteiger partial charge in [-0.05, 0) is 36.6 Å². The summed E-state index contributed by atoms with van der Waals surface area (Å²) >= 11 is 6.33. The van der Waals surface area contributed by atoms with Crippen LogP contribution in [-0.2, 0) is 7.05 Å². The highest BCUT2D eigenvalue weighted by molar-refractivity contribution is 6.35. The molecule has 0 aliphatic heterocycles. The van der Waals surface area contributed by atoms with Crippen LogP contribution in [0.5, 0.6) is 0 Å². The van der Waals surface area contributed by atoms with Crippen LogP contribution in [0.4, 0.5) is 5.82 Å². The molecule has 2 aromatic carbocycles. The van der Waals surface area contributed by atoms with Crippen LogP contribution in [0.25, 0.3) is 16.5 Å². The number of hydrogen-bond acceptors (Lipinski definition) is 5. The van der Waals surface area contributed by atoms with Crippen molar-refractivity contribution < 1.29 is 4.79 Å². The van der Waals surface area contributed by atoms with E-state index in [2.05, 4.69) is 10.4 Å². The fraction of sp³-hybridized carbons (Fsp3) is 0.130. The summed E-state index contributed by atoms with van der Waals surface area (Å²) in [4.78, 5) is 26.5. The lowest BCUT2D eigenvalue weighted by molar-refractivity contribution is 0.0939. The molecular formula is C23H19ClN6O2. The molecule has 4 rings (SSSR count). The predicted molar refractivity (Wildman–Crippen MR) is 123 cm³/mol. The second-order valence-corrected chi connectivity index (χ2v) is 7.70. The van der Waals surface area contributed by atoms with Gasteiger partial charge in [0.15, 0.2) is 11.5 Å². The SMILES string of the molecule is C[C@H](NC(=O)c1c(N)nn(C)c1C#N)c1cc2cccc(Cl)c2c(=O)n1-c1ccccc1. The van der Waals surface area contributed by atoms with Crippen LogP contribution in [0.3, 0.4) is 0 Å². The minimum Gasteiger partial charge on any atom is -0.382 e. The topological polar surface area (TPSA) is 119 Å². The van der Waals surface area contributed by atoms with E-state index in [1.807, 2.05) is 30.3 Å². The zero-order chi connectivity index (χ0) is 23.0. The summed E-state index contributed by atoms with van der Waals surface area (Å²) in [6, 6.07) is 17.5. The fourth-order valence-corrected chi connectivity index (χ4v) is 4.00. The molecule has 1 atom stereocenters. The van der Waals surface area contributed by atoms with Gasteiger partial charge in [-0.2, -0.15) is 10.4 Å². The number of rotatable bonds is 4. The first-order valence-corrected chi connectivity index (χ1v) is 10.1. The second kappa shape index (κ2) is 8.21. The number of aromatic nitrogens is 3. The van der Waals surface area contributed by atoms with Gasteiger partial charge in [0.25, 0.3) is 11.5 Å². The number of nitrogens with one attached hydrogen (secondary N) is 1. The Morgan fingerprint density at radius 2 is 1.94 bits per heavy atom. The van der Waals surface area contributed by atoms with Gasteiger partial charge in [0.2, 0.25) is 0 Å². The van der Waals surface area contributed by atoms with Gasteiger partial charge >= 0.3 is 0 Å². The number of anilines is 1. The number of aryl methyl sites for hydroxylation is 1. The Morgan fingerprint density at radius 3 is 2.62 bits per heavy atom. The molecule has 160 valence electrons. The van der Waals surface area contributed by atoms with Crippen molar-refractivity contribution in [1.29, 1.82) is 5.26 Å². The number of amides is 1. The van der Waals surface area contributed by atoms with Gasteiger partial charge in [-0.15, -0.1) is 0 Å². The number of nitrogens with two attached hydrogens (primary N) is 1. The molecule has 0 bridgehead atoms. The van der Waals surface area contributed by atoms with Crippen LogP contribution < -0.4 is 16.6 Å². The zero-order valence-electron chi connectivity index (χ0n) is 17.3. The number of halogens is 1. The highest BCUT2D eigenvalue weighted by Gasteiger charge is 2.24. The van der Waals surface area contributed by atoms with Gasteiger partial charge < -0.3 is 11.1 Å². The fourth-order valence-electron chi connectivity index (χ4n) is 3.74. The summed E-state index contributed by atoms with van der Waals surface area (Å²) in [6.45, 7) is 1.75. The molecule has 8 nitrogen and oxygen atoms in total. The van der Waals surface area contributed by atoms with Gasteiger partial charge in [-0.3, -0.25) is 18.8 Å². The third-order valence-corrected chi connectivity index (χ3v) is 5.55. The molecule has 1 amide bonds. The van der Waals surface area contributed by atoms with Gasteiger partial charge in [-0.25, -0.2) is 0 Å². The minimum absolute atomic E-state index is 0.000656. The van der Waals surface area contributed by atoms with Crippen LogP contribution in [0, 0.1) is 11.3 Å². The number of nitrogen functional groups attached to an aromatic ring is 1. The Kier molecular flexibility index (Phi) is 5.43. The quantitative estimate of drug-likeness (QED) is 0.498. The van der Waals surface area contributed by atoms with Crippen molar-refractivity contribution in [2.75, 3.05) is 5.73 Å². The maximum atomic E-state index is 13.5. The summed E-state index contributed by atoms with van der Waals surface area (Å²) in [5.74, 6) is -0.600. The first-order chi connectivity index (χ1) is 15.3. The van der Waals surface area contributed by atoms with Gasteiger partial charge in [-0.1, -0.05) is 41.9 Å². The van der Waals surface area contributed by atoms with Gasteiger partial charge in [0.05, 0.1) is 16.5 Å². The molecule has 3 N–H and O–H groups in total. The average Bonchev–Trinajstić information content (AvgIpc) is 3.06. The highest BCUT2D eigenvalue weighted by Crippen LogP contribution is 2.26. The molecule has 0 saturated heterocycles. The van der Waals surface area contributed by atoms with E-state index in [4.69, 9.17) is 17.3 Å². The van der Waals surface area contributed by atoms with Crippen molar-refractivity contribution in [3.63, 3.8) is 0 Å². The van der Waals surface area contributed by atoms with E-state index in [1.54, 1.807) is 37.3 Å². The lowest BCUT2D eigenvalue weighted by Gasteiger charge is -2.21. The summed E-state index contributed by atoms with van der Waals surface area (Å²) in [5.41, 5.74) is 6.79. The minimum atomic E-state index is -0.607. The third kappa shape index (κ3) is 3.49. The summed E-state index contributed by atoms with van der Waals surface area (Å²) in [6.07, 6.45) is 0. The van der Waals surface area contributed by atoms with E-state index in [9.17, 15) is 14.9 Å². The van der Waals surface area contributed by atoms with Crippen molar-refractivity contribution >= 4 is 34.1 Å². The second-order valence-electron chi connectivity index (χ2n) is 7.29. The Labute approximate surface area is 188 Å². The Balaban J connectivity index is 1.86.